The van der Waals surface area contributed by atoms with E-state index in [1.54, 1.807) is 17.9 Å². The molecule has 2 rings (SSSR count). The minimum absolute atomic E-state index is 0.292. The largest absolute Gasteiger partial charge is 0.496 e. The first-order valence-corrected chi connectivity index (χ1v) is 6.05. The lowest BCUT2D eigenvalue weighted by Gasteiger charge is -2.07. The van der Waals surface area contributed by atoms with Crippen molar-refractivity contribution in [3.05, 3.63) is 41.2 Å². The third-order valence-electron chi connectivity index (χ3n) is 2.86. The molecule has 0 aliphatic carbocycles. The van der Waals surface area contributed by atoms with Crippen LogP contribution in [0, 0.1) is 5.82 Å². The molecule has 2 aromatic rings. The Kier molecular flexibility index (Phi) is 4.11. The van der Waals surface area contributed by atoms with Crippen molar-refractivity contribution in [2.75, 3.05) is 13.7 Å². The smallest absolute Gasteiger partial charge is 0.152 e. The Morgan fingerprint density at radius 3 is 2.89 bits per heavy atom. The molecule has 0 unspecified atom stereocenters. The molecule has 6 heteroatoms. The highest BCUT2D eigenvalue weighted by Crippen LogP contribution is 2.21. The summed E-state index contributed by atoms with van der Waals surface area (Å²) in [7, 11) is 3.38. The lowest BCUT2D eigenvalue weighted by Crippen LogP contribution is -2.04. The Morgan fingerprint density at radius 2 is 2.21 bits per heavy atom. The van der Waals surface area contributed by atoms with E-state index in [0.717, 1.165) is 11.4 Å². The number of nitrogens with two attached hydrogens (primary N) is 1. The van der Waals surface area contributed by atoms with E-state index >= 15 is 0 Å². The third-order valence-corrected chi connectivity index (χ3v) is 2.86. The first kappa shape index (κ1) is 13.5. The van der Waals surface area contributed by atoms with Crippen LogP contribution >= 0.6 is 0 Å². The number of hydrogen-bond acceptors (Lipinski definition) is 4. The van der Waals surface area contributed by atoms with Crippen LogP contribution in [0.4, 0.5) is 4.39 Å². The molecule has 0 aliphatic heterocycles. The summed E-state index contributed by atoms with van der Waals surface area (Å²) in [6.45, 7) is 0.507. The lowest BCUT2D eigenvalue weighted by atomic mass is 10.1. The molecule has 5 nitrogen and oxygen atoms in total. The molecule has 1 heterocycles. The second-order valence-electron chi connectivity index (χ2n) is 4.24. The zero-order valence-electron chi connectivity index (χ0n) is 11.1. The lowest BCUT2D eigenvalue weighted by molar-refractivity contribution is 0.408. The standard InChI is InChI=1S/C13H17FN4O/c1-18-13(16-12(17-18)5-6-15)8-9-7-10(14)3-4-11(9)19-2/h3-4,7H,5-6,8,15H2,1-2H3. The van der Waals surface area contributed by atoms with Crippen molar-refractivity contribution in [2.24, 2.45) is 12.8 Å². The number of nitrogens with zero attached hydrogens (tertiary/aromatic N) is 3. The number of methoxy groups -OCH3 is 1. The average molecular weight is 264 g/mol. The first-order chi connectivity index (χ1) is 9.13. The Bertz CT molecular complexity index is 568. The van der Waals surface area contributed by atoms with Crippen LogP contribution in [-0.4, -0.2) is 28.4 Å². The van der Waals surface area contributed by atoms with Crippen LogP contribution in [-0.2, 0) is 19.9 Å². The Morgan fingerprint density at radius 1 is 1.42 bits per heavy atom. The van der Waals surface area contributed by atoms with Crippen molar-refractivity contribution in [2.45, 2.75) is 12.8 Å². The molecular weight excluding hydrogens is 247 g/mol. The van der Waals surface area contributed by atoms with Gasteiger partial charge in [-0.3, -0.25) is 4.68 Å². The first-order valence-electron chi connectivity index (χ1n) is 6.05. The molecule has 0 amide bonds. The zero-order chi connectivity index (χ0) is 13.8. The number of ether oxygens (including phenoxy) is 1. The van der Waals surface area contributed by atoms with Crippen molar-refractivity contribution >= 4 is 0 Å². The molecule has 0 bridgehead atoms. The minimum Gasteiger partial charge on any atom is -0.496 e. The van der Waals surface area contributed by atoms with Gasteiger partial charge in [-0.25, -0.2) is 9.37 Å². The van der Waals surface area contributed by atoms with Crippen molar-refractivity contribution in [3.63, 3.8) is 0 Å². The minimum atomic E-state index is -0.292. The van der Waals surface area contributed by atoms with E-state index in [9.17, 15) is 4.39 Å². The summed E-state index contributed by atoms with van der Waals surface area (Å²) in [6.07, 6.45) is 1.10. The molecule has 0 radical (unpaired) electrons. The highest BCUT2D eigenvalue weighted by atomic mass is 19.1. The van der Waals surface area contributed by atoms with Crippen LogP contribution in [0.15, 0.2) is 18.2 Å². The summed E-state index contributed by atoms with van der Waals surface area (Å²) in [5.74, 6) is 1.81. The maximum Gasteiger partial charge on any atom is 0.152 e. The number of hydrogen-bond donors (Lipinski definition) is 1. The summed E-state index contributed by atoms with van der Waals surface area (Å²) < 4.78 is 20.2. The molecular formula is C13H17FN4O. The number of halogens is 1. The molecule has 19 heavy (non-hydrogen) atoms. The summed E-state index contributed by atoms with van der Waals surface area (Å²) in [5.41, 5.74) is 6.23. The van der Waals surface area contributed by atoms with Gasteiger partial charge in [0.15, 0.2) is 5.82 Å². The van der Waals surface area contributed by atoms with Gasteiger partial charge in [-0.2, -0.15) is 5.10 Å². The molecule has 0 saturated heterocycles. The van der Waals surface area contributed by atoms with Crippen LogP contribution in [0.3, 0.4) is 0 Å². The molecule has 102 valence electrons. The number of rotatable bonds is 5. The van der Waals surface area contributed by atoms with Crippen LogP contribution in [0.5, 0.6) is 5.75 Å². The maximum atomic E-state index is 13.3. The van der Waals surface area contributed by atoms with E-state index in [0.29, 0.717) is 31.0 Å². The van der Waals surface area contributed by atoms with E-state index < -0.39 is 0 Å². The van der Waals surface area contributed by atoms with Gasteiger partial charge in [0.1, 0.15) is 17.4 Å². The third kappa shape index (κ3) is 3.08. The van der Waals surface area contributed by atoms with Gasteiger partial charge in [-0.1, -0.05) is 0 Å². The fraction of sp³-hybridized carbons (Fsp3) is 0.385. The molecule has 2 N–H and O–H groups in total. The molecule has 1 aromatic heterocycles. The van der Waals surface area contributed by atoms with Crippen molar-refractivity contribution in [1.82, 2.24) is 14.8 Å². The summed E-state index contributed by atoms with van der Waals surface area (Å²) >= 11 is 0. The van der Waals surface area contributed by atoms with Gasteiger partial charge in [0.05, 0.1) is 7.11 Å². The van der Waals surface area contributed by atoms with Crippen LogP contribution in [0.2, 0.25) is 0 Å². The number of aryl methyl sites for hydroxylation is 1. The van der Waals surface area contributed by atoms with Crippen molar-refractivity contribution in [3.8, 4) is 5.75 Å². The molecule has 0 atom stereocenters. The average Bonchev–Trinajstić information content (AvgIpc) is 2.71. The van der Waals surface area contributed by atoms with Crippen LogP contribution in [0.1, 0.15) is 17.2 Å². The van der Waals surface area contributed by atoms with Gasteiger partial charge in [-0.05, 0) is 24.7 Å². The predicted octanol–water partition coefficient (Wildman–Crippen LogP) is 1.05. The van der Waals surface area contributed by atoms with E-state index in [1.807, 2.05) is 7.05 Å². The maximum absolute atomic E-state index is 13.3. The Hall–Kier alpha value is -1.95. The molecule has 0 spiro atoms. The predicted molar refractivity (Wildman–Crippen MR) is 69.5 cm³/mol. The van der Waals surface area contributed by atoms with Crippen LogP contribution < -0.4 is 10.5 Å². The number of aromatic nitrogens is 3. The van der Waals surface area contributed by atoms with Gasteiger partial charge < -0.3 is 10.5 Å². The van der Waals surface area contributed by atoms with Gasteiger partial charge in [0.25, 0.3) is 0 Å². The summed E-state index contributed by atoms with van der Waals surface area (Å²) in [4.78, 5) is 4.39. The van der Waals surface area contributed by atoms with E-state index in [2.05, 4.69) is 10.1 Å². The SMILES string of the molecule is COc1ccc(F)cc1Cc1nc(CCN)nn1C. The van der Waals surface area contributed by atoms with E-state index in [4.69, 9.17) is 10.5 Å². The second kappa shape index (κ2) is 5.79. The monoisotopic (exact) mass is 264 g/mol. The van der Waals surface area contributed by atoms with E-state index in [-0.39, 0.29) is 5.82 Å². The Balaban J connectivity index is 2.27. The fourth-order valence-electron chi connectivity index (χ4n) is 1.92. The number of benzene rings is 1. The van der Waals surface area contributed by atoms with Crippen molar-refractivity contribution < 1.29 is 9.13 Å². The molecule has 1 aromatic carbocycles. The molecule has 0 saturated carbocycles. The van der Waals surface area contributed by atoms with Crippen molar-refractivity contribution in [1.29, 1.82) is 0 Å². The van der Waals surface area contributed by atoms with Gasteiger partial charge >= 0.3 is 0 Å². The quantitative estimate of drug-likeness (QED) is 0.876. The molecule has 0 fully saturated rings. The summed E-state index contributed by atoms with van der Waals surface area (Å²) in [5, 5.41) is 4.27. The Labute approximate surface area is 111 Å². The van der Waals surface area contributed by atoms with Gasteiger partial charge in [-0.15, -0.1) is 0 Å². The topological polar surface area (TPSA) is 66.0 Å². The van der Waals surface area contributed by atoms with Gasteiger partial charge in [0, 0.05) is 25.5 Å². The highest BCUT2D eigenvalue weighted by Gasteiger charge is 2.11. The zero-order valence-corrected chi connectivity index (χ0v) is 11.1. The second-order valence-corrected chi connectivity index (χ2v) is 4.24. The van der Waals surface area contributed by atoms with E-state index in [1.165, 1.54) is 12.1 Å². The van der Waals surface area contributed by atoms with Gasteiger partial charge in [0.2, 0.25) is 0 Å². The normalized spacial score (nSPS) is 10.7. The fourth-order valence-corrected chi connectivity index (χ4v) is 1.92. The summed E-state index contributed by atoms with van der Waals surface area (Å²) in [6, 6.07) is 4.44. The highest BCUT2D eigenvalue weighted by molar-refractivity contribution is 5.36. The molecule has 0 aliphatic rings. The van der Waals surface area contributed by atoms with Crippen LogP contribution in [0.25, 0.3) is 0 Å².